The van der Waals surface area contributed by atoms with Gasteiger partial charge in [0, 0.05) is 6.54 Å². The number of nitrogens with zero attached hydrogens (tertiary/aromatic N) is 1. The molecule has 4 nitrogen and oxygen atoms in total. The summed E-state index contributed by atoms with van der Waals surface area (Å²) in [7, 11) is -6.33. The molecule has 0 saturated heterocycles. The lowest BCUT2D eigenvalue weighted by molar-refractivity contribution is -0.435. The van der Waals surface area contributed by atoms with Gasteiger partial charge in [0.2, 0.25) is 0 Å². The minimum absolute atomic E-state index is 0.801. The highest BCUT2D eigenvalue weighted by Crippen LogP contribution is 2.45. The van der Waals surface area contributed by atoms with Crippen molar-refractivity contribution in [1.29, 1.82) is 0 Å². The maximum atomic E-state index is 13.0. The van der Waals surface area contributed by atoms with Crippen LogP contribution < -0.4 is 0 Å². The summed E-state index contributed by atoms with van der Waals surface area (Å²) in [6.07, 6.45) is -17.3. The van der Waals surface area contributed by atoms with Crippen LogP contribution >= 0.6 is 11.8 Å². The maximum Gasteiger partial charge on any atom is 0.450 e. The molecular formula is C6H6ClF8NO3S. The number of alkyl halides is 8. The molecule has 0 rings (SSSR count). The number of sulfonamides is 1. The minimum Gasteiger partial charge on any atom is -0.245 e. The van der Waals surface area contributed by atoms with Gasteiger partial charge in [0.15, 0.2) is 0 Å². The summed E-state index contributed by atoms with van der Waals surface area (Å²) < 4.78 is 122. The fraction of sp³-hybridized carbons (Fsp3) is 1.00. The lowest BCUT2D eigenvalue weighted by Gasteiger charge is -2.30. The number of hydrogen-bond donors (Lipinski definition) is 0. The van der Waals surface area contributed by atoms with E-state index in [1.165, 1.54) is 0 Å². The third kappa shape index (κ3) is 3.43. The molecule has 0 aliphatic heterocycles. The molecular weight excluding hydrogens is 354 g/mol. The number of halogens is 9. The van der Waals surface area contributed by atoms with E-state index in [-0.39, 0.29) is 0 Å². The molecule has 0 fully saturated rings. The first-order valence-corrected chi connectivity index (χ1v) is 6.21. The molecule has 0 aliphatic rings. The fourth-order valence-corrected chi connectivity index (χ4v) is 1.91. The summed E-state index contributed by atoms with van der Waals surface area (Å²) in [6.45, 7) is -0.0752. The molecule has 14 heteroatoms. The van der Waals surface area contributed by atoms with E-state index < -0.39 is 44.3 Å². The van der Waals surface area contributed by atoms with Crippen LogP contribution in [0.3, 0.4) is 0 Å². The standard InChI is InChI=1S/C6H6ClF8NO3S/c1-2-16(7)20(17,18)6(14,15)5(12,13)19-4(10,11)3(8)9/h3H,2H2,1H3. The van der Waals surface area contributed by atoms with Crippen molar-refractivity contribution in [2.75, 3.05) is 6.54 Å². The Morgan fingerprint density at radius 2 is 1.55 bits per heavy atom. The van der Waals surface area contributed by atoms with E-state index in [4.69, 9.17) is 11.8 Å². The monoisotopic (exact) mass is 359 g/mol. The molecule has 122 valence electrons. The van der Waals surface area contributed by atoms with Gasteiger partial charge in [-0.25, -0.2) is 21.9 Å². The van der Waals surface area contributed by atoms with E-state index in [1.807, 2.05) is 4.74 Å². The van der Waals surface area contributed by atoms with Gasteiger partial charge in [-0.3, -0.25) is 0 Å². The molecule has 0 heterocycles. The molecule has 0 radical (unpaired) electrons. The van der Waals surface area contributed by atoms with Gasteiger partial charge in [-0.1, -0.05) is 0 Å². The highest BCUT2D eigenvalue weighted by Gasteiger charge is 2.72. The molecule has 0 aromatic rings. The first-order valence-electron chi connectivity index (χ1n) is 4.43. The van der Waals surface area contributed by atoms with Crippen molar-refractivity contribution in [2.24, 2.45) is 0 Å². The van der Waals surface area contributed by atoms with Gasteiger partial charge in [-0.05, 0) is 18.7 Å². The molecule has 0 aromatic heterocycles. The second kappa shape index (κ2) is 5.77. The average molecular weight is 360 g/mol. The predicted molar refractivity (Wildman–Crippen MR) is 49.1 cm³/mol. The molecule has 0 bridgehead atoms. The SMILES string of the molecule is CCN(Cl)S(=O)(=O)C(F)(F)C(F)(F)OC(F)(F)C(F)F. The third-order valence-electron chi connectivity index (χ3n) is 1.69. The van der Waals surface area contributed by atoms with Gasteiger partial charge in [-0.15, -0.1) is 3.82 Å². The summed E-state index contributed by atoms with van der Waals surface area (Å²) >= 11 is 4.72. The van der Waals surface area contributed by atoms with Crippen LogP contribution in [0.15, 0.2) is 0 Å². The third-order valence-corrected chi connectivity index (χ3v) is 4.14. The van der Waals surface area contributed by atoms with Crippen molar-refractivity contribution in [3.63, 3.8) is 0 Å². The van der Waals surface area contributed by atoms with Crippen LogP contribution in [0.5, 0.6) is 0 Å². The Morgan fingerprint density at radius 1 is 1.15 bits per heavy atom. The molecule has 0 spiro atoms. The van der Waals surface area contributed by atoms with E-state index in [1.54, 1.807) is 0 Å². The van der Waals surface area contributed by atoms with Gasteiger partial charge < -0.3 is 0 Å². The Kier molecular flexibility index (Phi) is 5.65. The second-order valence-corrected chi connectivity index (χ2v) is 5.62. The second-order valence-electron chi connectivity index (χ2n) is 3.11. The minimum atomic E-state index is -6.45. The van der Waals surface area contributed by atoms with Crippen molar-refractivity contribution in [2.45, 2.75) is 30.8 Å². The first-order chi connectivity index (χ1) is 8.63. The predicted octanol–water partition coefficient (Wildman–Crippen LogP) is 2.85. The molecule has 0 saturated carbocycles. The van der Waals surface area contributed by atoms with Crippen molar-refractivity contribution in [3.8, 4) is 0 Å². The van der Waals surface area contributed by atoms with Crippen LogP contribution in [0.2, 0.25) is 0 Å². The lowest BCUT2D eigenvalue weighted by Crippen LogP contribution is -2.55. The largest absolute Gasteiger partial charge is 0.450 e. The number of hydrogen-bond acceptors (Lipinski definition) is 3. The van der Waals surface area contributed by atoms with Crippen molar-refractivity contribution < 1.29 is 48.3 Å². The summed E-state index contributed by atoms with van der Waals surface area (Å²) in [5.74, 6) is 0. The summed E-state index contributed by atoms with van der Waals surface area (Å²) in [5, 5.41) is -6.30. The van der Waals surface area contributed by atoms with Crippen molar-refractivity contribution >= 4 is 21.8 Å². The Labute approximate surface area is 112 Å². The topological polar surface area (TPSA) is 46.6 Å². The van der Waals surface area contributed by atoms with E-state index in [0.29, 0.717) is 0 Å². The van der Waals surface area contributed by atoms with Crippen LogP contribution in [-0.2, 0) is 14.8 Å². The average Bonchev–Trinajstić information content (AvgIpc) is 2.25. The maximum absolute atomic E-state index is 13.0. The zero-order valence-electron chi connectivity index (χ0n) is 9.27. The van der Waals surface area contributed by atoms with Crippen molar-refractivity contribution in [1.82, 2.24) is 3.82 Å². The van der Waals surface area contributed by atoms with Gasteiger partial charge in [0.05, 0.1) is 0 Å². The summed E-state index contributed by atoms with van der Waals surface area (Å²) in [5.41, 5.74) is 0. The molecule has 0 N–H and O–H groups in total. The van der Waals surface area contributed by atoms with E-state index in [0.717, 1.165) is 6.92 Å². The Hall–Kier alpha value is -0.400. The first kappa shape index (κ1) is 19.6. The normalized spacial score (nSPS) is 15.2. The molecule has 20 heavy (non-hydrogen) atoms. The quantitative estimate of drug-likeness (QED) is 0.519. The van der Waals surface area contributed by atoms with Gasteiger partial charge in [0.25, 0.3) is 0 Å². The highest BCUT2D eigenvalue weighted by molar-refractivity contribution is 7.91. The van der Waals surface area contributed by atoms with Gasteiger partial charge in [-0.2, -0.15) is 26.3 Å². The van der Waals surface area contributed by atoms with Crippen LogP contribution in [0.4, 0.5) is 35.1 Å². The number of ether oxygens (including phenoxy) is 1. The summed E-state index contributed by atoms with van der Waals surface area (Å²) in [6, 6.07) is 0. The van der Waals surface area contributed by atoms with Crippen molar-refractivity contribution in [3.05, 3.63) is 0 Å². The molecule has 0 atom stereocenters. The van der Waals surface area contributed by atoms with E-state index in [9.17, 15) is 43.5 Å². The van der Waals surface area contributed by atoms with E-state index in [2.05, 4.69) is 0 Å². The lowest BCUT2D eigenvalue weighted by atomic mass is 10.6. The number of rotatable bonds is 7. The smallest absolute Gasteiger partial charge is 0.245 e. The summed E-state index contributed by atoms with van der Waals surface area (Å²) in [4.78, 5) is 0. The van der Waals surface area contributed by atoms with Gasteiger partial charge >= 0.3 is 33.9 Å². The molecule has 0 aromatic carbocycles. The molecule has 0 aliphatic carbocycles. The fourth-order valence-electron chi connectivity index (χ4n) is 0.719. The van der Waals surface area contributed by atoms with Gasteiger partial charge in [0.1, 0.15) is 0 Å². The van der Waals surface area contributed by atoms with Crippen LogP contribution in [0, 0.1) is 0 Å². The molecule has 0 amide bonds. The van der Waals surface area contributed by atoms with Crippen LogP contribution in [0.1, 0.15) is 6.92 Å². The molecule has 0 unspecified atom stereocenters. The Morgan fingerprint density at radius 3 is 1.85 bits per heavy atom. The zero-order valence-corrected chi connectivity index (χ0v) is 10.8. The van der Waals surface area contributed by atoms with E-state index >= 15 is 0 Å². The Balaban J connectivity index is 5.59. The highest BCUT2D eigenvalue weighted by atomic mass is 35.5. The zero-order chi connectivity index (χ0) is 16.6. The van der Waals surface area contributed by atoms with Crippen LogP contribution in [0.25, 0.3) is 0 Å². The van der Waals surface area contributed by atoms with Crippen LogP contribution in [-0.4, -0.2) is 42.7 Å². The Bertz CT molecular complexity index is 441.